The molecule has 1 unspecified atom stereocenters. The normalized spacial score (nSPS) is 12.2. The van der Waals surface area contributed by atoms with Crippen LogP contribution in [0.2, 0.25) is 5.02 Å². The number of hydrogen-bond acceptors (Lipinski definition) is 4. The Labute approximate surface area is 126 Å². The number of halogens is 3. The molecule has 1 heterocycles. The van der Waals surface area contributed by atoms with E-state index < -0.39 is 17.7 Å². The number of methoxy groups -OCH3 is 1. The van der Waals surface area contributed by atoms with Gasteiger partial charge in [-0.25, -0.2) is 13.8 Å². The highest BCUT2D eigenvalue weighted by atomic mass is 35.5. The van der Waals surface area contributed by atoms with Crippen LogP contribution in [-0.2, 0) is 0 Å². The van der Waals surface area contributed by atoms with Gasteiger partial charge in [-0.3, -0.25) is 4.98 Å². The largest absolute Gasteiger partial charge is 0.480 e. The quantitative estimate of drug-likeness (QED) is 0.862. The lowest BCUT2D eigenvalue weighted by Gasteiger charge is -2.20. The molecule has 0 radical (unpaired) electrons. The summed E-state index contributed by atoms with van der Waals surface area (Å²) >= 11 is 5.58. The molecule has 0 bridgehead atoms. The van der Waals surface area contributed by atoms with Gasteiger partial charge in [0.1, 0.15) is 17.3 Å². The lowest BCUT2D eigenvalue weighted by molar-refractivity contribution is 0.382. The van der Waals surface area contributed by atoms with Crippen LogP contribution in [0, 0.1) is 11.6 Å². The fourth-order valence-electron chi connectivity index (χ4n) is 2.01. The van der Waals surface area contributed by atoms with E-state index in [-0.39, 0.29) is 16.5 Å². The van der Waals surface area contributed by atoms with Crippen LogP contribution in [-0.4, -0.2) is 23.6 Å². The van der Waals surface area contributed by atoms with Crippen molar-refractivity contribution in [3.8, 4) is 5.88 Å². The summed E-state index contributed by atoms with van der Waals surface area (Å²) in [5.41, 5.74) is 0.472. The van der Waals surface area contributed by atoms with Crippen LogP contribution < -0.4 is 10.1 Å². The number of aromatic nitrogens is 2. The molecule has 0 spiro atoms. The molecule has 1 atom stereocenters. The van der Waals surface area contributed by atoms with Gasteiger partial charge in [-0.1, -0.05) is 18.5 Å². The molecule has 0 aliphatic heterocycles. The van der Waals surface area contributed by atoms with E-state index in [0.717, 1.165) is 12.1 Å². The van der Waals surface area contributed by atoms with E-state index in [0.29, 0.717) is 12.2 Å². The lowest BCUT2D eigenvalue weighted by atomic mass is 10.0. The van der Waals surface area contributed by atoms with Gasteiger partial charge >= 0.3 is 0 Å². The van der Waals surface area contributed by atoms with Crippen molar-refractivity contribution >= 4 is 11.6 Å². The highest BCUT2D eigenvalue weighted by molar-refractivity contribution is 6.30. The first-order valence-corrected chi connectivity index (χ1v) is 6.69. The van der Waals surface area contributed by atoms with E-state index in [2.05, 4.69) is 15.3 Å². The Hall–Kier alpha value is -1.79. The Balaban J connectivity index is 2.56. The number of nitrogens with one attached hydrogen (secondary N) is 1. The van der Waals surface area contributed by atoms with Crippen molar-refractivity contribution < 1.29 is 13.5 Å². The third kappa shape index (κ3) is 3.28. The minimum Gasteiger partial charge on any atom is -0.480 e. The molecule has 0 fully saturated rings. The maximum absolute atomic E-state index is 14.1. The van der Waals surface area contributed by atoms with Crippen LogP contribution in [0.4, 0.5) is 8.78 Å². The first kappa shape index (κ1) is 15.6. The standard InChI is InChI=1S/C14H14ClF2N3O/c1-3-18-12(13-14(21-2)20-5-4-19-13)8-6-11(17)9(15)7-10(8)16/h4-7,12,18H,3H2,1-2H3. The molecule has 0 aliphatic rings. The van der Waals surface area contributed by atoms with Gasteiger partial charge < -0.3 is 10.1 Å². The van der Waals surface area contributed by atoms with E-state index in [1.54, 1.807) is 0 Å². The minimum atomic E-state index is -0.696. The van der Waals surface area contributed by atoms with Crippen LogP contribution in [0.25, 0.3) is 0 Å². The monoisotopic (exact) mass is 313 g/mol. The van der Waals surface area contributed by atoms with Crippen molar-refractivity contribution in [3.05, 3.63) is 52.4 Å². The molecule has 1 aromatic heterocycles. The second kappa shape index (κ2) is 6.78. The number of rotatable bonds is 5. The molecule has 1 aromatic carbocycles. The second-order valence-corrected chi connectivity index (χ2v) is 4.64. The summed E-state index contributed by atoms with van der Waals surface area (Å²) in [5, 5.41) is 2.78. The zero-order valence-electron chi connectivity index (χ0n) is 11.5. The number of hydrogen-bond donors (Lipinski definition) is 1. The Morgan fingerprint density at radius 1 is 1.24 bits per heavy atom. The average molecular weight is 314 g/mol. The summed E-state index contributed by atoms with van der Waals surface area (Å²) in [7, 11) is 1.44. The van der Waals surface area contributed by atoms with Crippen LogP contribution in [0.1, 0.15) is 24.2 Å². The predicted molar refractivity (Wildman–Crippen MR) is 75.5 cm³/mol. The SMILES string of the molecule is CCNC(c1cc(F)c(Cl)cc1F)c1nccnc1OC. The molecule has 0 amide bonds. The molecule has 0 saturated carbocycles. The van der Waals surface area contributed by atoms with Gasteiger partial charge in [-0.05, 0) is 18.7 Å². The average Bonchev–Trinajstić information content (AvgIpc) is 2.49. The highest BCUT2D eigenvalue weighted by Gasteiger charge is 2.24. The van der Waals surface area contributed by atoms with E-state index in [1.165, 1.54) is 19.5 Å². The summed E-state index contributed by atoms with van der Waals surface area (Å²) in [5.74, 6) is -1.07. The molecule has 2 aromatic rings. The summed E-state index contributed by atoms with van der Waals surface area (Å²) in [6, 6.07) is 1.31. The maximum atomic E-state index is 14.1. The Morgan fingerprint density at radius 2 is 1.95 bits per heavy atom. The van der Waals surface area contributed by atoms with Gasteiger partial charge in [0.15, 0.2) is 0 Å². The molecule has 4 nitrogen and oxygen atoms in total. The molecule has 0 saturated heterocycles. The van der Waals surface area contributed by atoms with Crippen LogP contribution in [0.15, 0.2) is 24.5 Å². The van der Waals surface area contributed by atoms with Crippen LogP contribution in [0.3, 0.4) is 0 Å². The van der Waals surface area contributed by atoms with Crippen LogP contribution in [0.5, 0.6) is 5.88 Å². The van der Waals surface area contributed by atoms with Gasteiger partial charge in [0.2, 0.25) is 5.88 Å². The van der Waals surface area contributed by atoms with Crippen molar-refractivity contribution in [2.24, 2.45) is 0 Å². The van der Waals surface area contributed by atoms with Crippen molar-refractivity contribution in [3.63, 3.8) is 0 Å². The molecule has 112 valence electrons. The minimum absolute atomic E-state index is 0.0950. The van der Waals surface area contributed by atoms with Crippen molar-refractivity contribution in [1.29, 1.82) is 0 Å². The van der Waals surface area contributed by atoms with Crippen molar-refractivity contribution in [2.45, 2.75) is 13.0 Å². The number of benzene rings is 1. The molecule has 21 heavy (non-hydrogen) atoms. The van der Waals surface area contributed by atoms with Crippen molar-refractivity contribution in [2.75, 3.05) is 13.7 Å². The summed E-state index contributed by atoms with van der Waals surface area (Å²) in [4.78, 5) is 8.19. The smallest absolute Gasteiger partial charge is 0.237 e. The van der Waals surface area contributed by atoms with E-state index >= 15 is 0 Å². The zero-order chi connectivity index (χ0) is 15.4. The Bertz CT molecular complexity index is 640. The first-order valence-electron chi connectivity index (χ1n) is 6.31. The molecule has 0 aliphatic carbocycles. The van der Waals surface area contributed by atoms with E-state index in [1.807, 2.05) is 6.92 Å². The Kier molecular flexibility index (Phi) is 5.03. The third-order valence-corrected chi connectivity index (χ3v) is 3.21. The van der Waals surface area contributed by atoms with E-state index in [9.17, 15) is 8.78 Å². The fourth-order valence-corrected chi connectivity index (χ4v) is 2.16. The Morgan fingerprint density at radius 3 is 2.62 bits per heavy atom. The van der Waals surface area contributed by atoms with E-state index in [4.69, 9.17) is 16.3 Å². The maximum Gasteiger partial charge on any atom is 0.237 e. The summed E-state index contributed by atoms with van der Waals surface area (Å²) in [6.45, 7) is 2.37. The summed E-state index contributed by atoms with van der Waals surface area (Å²) in [6.07, 6.45) is 2.93. The third-order valence-electron chi connectivity index (χ3n) is 2.92. The van der Waals surface area contributed by atoms with Crippen LogP contribution >= 0.6 is 11.6 Å². The summed E-state index contributed by atoms with van der Waals surface area (Å²) < 4.78 is 32.9. The van der Waals surface area contributed by atoms with Gasteiger partial charge in [-0.15, -0.1) is 0 Å². The number of nitrogens with zero attached hydrogens (tertiary/aromatic N) is 2. The lowest BCUT2D eigenvalue weighted by Crippen LogP contribution is -2.25. The van der Waals surface area contributed by atoms with Gasteiger partial charge in [0.25, 0.3) is 0 Å². The molecule has 1 N–H and O–H groups in total. The first-order chi connectivity index (χ1) is 10.1. The molecule has 2 rings (SSSR count). The molecule has 7 heteroatoms. The van der Waals surface area contributed by atoms with Gasteiger partial charge in [0, 0.05) is 18.0 Å². The molecular formula is C14H14ClF2N3O. The van der Waals surface area contributed by atoms with Crippen molar-refractivity contribution in [1.82, 2.24) is 15.3 Å². The topological polar surface area (TPSA) is 47.0 Å². The van der Waals surface area contributed by atoms with Gasteiger partial charge in [0.05, 0.1) is 18.2 Å². The fraction of sp³-hybridized carbons (Fsp3) is 0.286. The highest BCUT2D eigenvalue weighted by Crippen LogP contribution is 2.30. The predicted octanol–water partition coefficient (Wildman–Crippen LogP) is 3.12. The zero-order valence-corrected chi connectivity index (χ0v) is 12.3. The second-order valence-electron chi connectivity index (χ2n) is 4.23. The number of ether oxygens (including phenoxy) is 1. The molecular weight excluding hydrogens is 300 g/mol. The van der Waals surface area contributed by atoms with Gasteiger partial charge in [-0.2, -0.15) is 0 Å².